The Kier molecular flexibility index (Phi) is 5.59. The largest absolute Gasteiger partial charge is 0.343 e. The SMILES string of the molecule is CC1CCN(C(=O)CCSc2ccccc2Cl)CC1. The van der Waals surface area contributed by atoms with Crippen LogP contribution in [-0.2, 0) is 4.79 Å². The maximum absolute atomic E-state index is 12.1. The molecule has 2 nitrogen and oxygen atoms in total. The van der Waals surface area contributed by atoms with Crippen LogP contribution in [-0.4, -0.2) is 29.6 Å². The number of likely N-dealkylation sites (tertiary alicyclic amines) is 1. The van der Waals surface area contributed by atoms with Crippen LogP contribution in [0.15, 0.2) is 29.2 Å². The van der Waals surface area contributed by atoms with Gasteiger partial charge in [-0.05, 0) is 30.9 Å². The summed E-state index contributed by atoms with van der Waals surface area (Å²) in [5.41, 5.74) is 0. The zero-order valence-electron chi connectivity index (χ0n) is 11.3. The summed E-state index contributed by atoms with van der Waals surface area (Å²) in [7, 11) is 0. The molecule has 0 radical (unpaired) electrons. The van der Waals surface area contributed by atoms with Gasteiger partial charge >= 0.3 is 0 Å². The lowest BCUT2D eigenvalue weighted by atomic mass is 9.99. The second kappa shape index (κ2) is 7.20. The molecule has 0 saturated carbocycles. The number of nitrogens with zero attached hydrogens (tertiary/aromatic N) is 1. The maximum atomic E-state index is 12.1. The third kappa shape index (κ3) is 4.43. The predicted molar refractivity (Wildman–Crippen MR) is 81.8 cm³/mol. The molecular weight excluding hydrogens is 278 g/mol. The number of hydrogen-bond acceptors (Lipinski definition) is 2. The van der Waals surface area contributed by atoms with Gasteiger partial charge < -0.3 is 4.90 Å². The number of piperidine rings is 1. The van der Waals surface area contributed by atoms with E-state index >= 15 is 0 Å². The Morgan fingerprint density at radius 3 is 2.74 bits per heavy atom. The highest BCUT2D eigenvalue weighted by Gasteiger charge is 2.19. The van der Waals surface area contributed by atoms with Gasteiger partial charge in [0.15, 0.2) is 0 Å². The Morgan fingerprint density at radius 1 is 1.37 bits per heavy atom. The number of carbonyl (C=O) groups excluding carboxylic acids is 1. The van der Waals surface area contributed by atoms with Crippen molar-refractivity contribution in [2.75, 3.05) is 18.8 Å². The molecule has 2 rings (SSSR count). The summed E-state index contributed by atoms with van der Waals surface area (Å²) < 4.78 is 0. The van der Waals surface area contributed by atoms with Crippen molar-refractivity contribution in [3.05, 3.63) is 29.3 Å². The van der Waals surface area contributed by atoms with Crippen LogP contribution in [0.2, 0.25) is 5.02 Å². The van der Waals surface area contributed by atoms with Crippen molar-refractivity contribution in [1.82, 2.24) is 4.90 Å². The summed E-state index contributed by atoms with van der Waals surface area (Å²) in [5.74, 6) is 1.85. The minimum Gasteiger partial charge on any atom is -0.343 e. The Bertz CT molecular complexity index is 430. The topological polar surface area (TPSA) is 20.3 Å². The monoisotopic (exact) mass is 297 g/mol. The van der Waals surface area contributed by atoms with Gasteiger partial charge in [0.25, 0.3) is 0 Å². The fourth-order valence-corrected chi connectivity index (χ4v) is 3.40. The van der Waals surface area contributed by atoms with Crippen LogP contribution in [0.3, 0.4) is 0 Å². The van der Waals surface area contributed by atoms with Gasteiger partial charge in [0.1, 0.15) is 0 Å². The molecular formula is C15H20ClNOS. The molecule has 1 amide bonds. The summed E-state index contributed by atoms with van der Waals surface area (Å²) >= 11 is 7.75. The first-order valence-corrected chi connectivity index (χ1v) is 8.18. The molecule has 0 bridgehead atoms. The number of carbonyl (C=O) groups is 1. The lowest BCUT2D eigenvalue weighted by Crippen LogP contribution is -2.38. The third-order valence-corrected chi connectivity index (χ3v) is 5.06. The number of benzene rings is 1. The van der Waals surface area contributed by atoms with Gasteiger partial charge in [0, 0.05) is 30.2 Å². The summed E-state index contributed by atoms with van der Waals surface area (Å²) in [6.45, 7) is 4.11. The van der Waals surface area contributed by atoms with Crippen molar-refractivity contribution >= 4 is 29.3 Å². The van der Waals surface area contributed by atoms with Crippen LogP contribution in [0.5, 0.6) is 0 Å². The van der Waals surface area contributed by atoms with Crippen molar-refractivity contribution in [3.63, 3.8) is 0 Å². The molecule has 1 aliphatic rings. The summed E-state index contributed by atoms with van der Waals surface area (Å²) in [5, 5.41) is 0.770. The van der Waals surface area contributed by atoms with E-state index < -0.39 is 0 Å². The zero-order valence-corrected chi connectivity index (χ0v) is 12.8. The van der Waals surface area contributed by atoms with E-state index in [1.54, 1.807) is 11.8 Å². The Hall–Kier alpha value is -0.670. The Labute approximate surface area is 124 Å². The molecule has 1 fully saturated rings. The van der Waals surface area contributed by atoms with Crippen molar-refractivity contribution in [1.29, 1.82) is 0 Å². The highest BCUT2D eigenvalue weighted by molar-refractivity contribution is 7.99. The lowest BCUT2D eigenvalue weighted by Gasteiger charge is -2.30. The van der Waals surface area contributed by atoms with Crippen LogP contribution in [0.1, 0.15) is 26.2 Å². The van der Waals surface area contributed by atoms with Crippen LogP contribution < -0.4 is 0 Å². The normalized spacial score (nSPS) is 16.6. The number of halogens is 1. The molecule has 0 aromatic heterocycles. The van der Waals surface area contributed by atoms with E-state index in [9.17, 15) is 4.79 Å². The number of hydrogen-bond donors (Lipinski definition) is 0. The first-order chi connectivity index (χ1) is 9.16. The predicted octanol–water partition coefficient (Wildman–Crippen LogP) is 4.08. The van der Waals surface area contributed by atoms with Gasteiger partial charge in [-0.3, -0.25) is 4.79 Å². The average Bonchev–Trinajstić information content (AvgIpc) is 2.41. The zero-order chi connectivity index (χ0) is 13.7. The Morgan fingerprint density at radius 2 is 2.05 bits per heavy atom. The molecule has 1 saturated heterocycles. The molecule has 0 aliphatic carbocycles. The van der Waals surface area contributed by atoms with Crippen molar-refractivity contribution in [2.24, 2.45) is 5.92 Å². The van der Waals surface area contributed by atoms with Crippen LogP contribution in [0.4, 0.5) is 0 Å². The molecule has 19 heavy (non-hydrogen) atoms. The molecule has 1 aromatic rings. The minimum absolute atomic E-state index is 0.284. The summed E-state index contributed by atoms with van der Waals surface area (Å²) in [4.78, 5) is 15.1. The fourth-order valence-electron chi connectivity index (χ4n) is 2.23. The molecule has 4 heteroatoms. The highest BCUT2D eigenvalue weighted by Crippen LogP contribution is 2.27. The molecule has 0 N–H and O–H groups in total. The van der Waals surface area contributed by atoms with Gasteiger partial charge in [0.2, 0.25) is 5.91 Å². The Balaban J connectivity index is 1.74. The van der Waals surface area contributed by atoms with Crippen LogP contribution in [0.25, 0.3) is 0 Å². The van der Waals surface area contributed by atoms with Crippen molar-refractivity contribution < 1.29 is 4.79 Å². The summed E-state index contributed by atoms with van der Waals surface area (Å²) in [6.07, 6.45) is 2.89. The summed E-state index contributed by atoms with van der Waals surface area (Å²) in [6, 6.07) is 7.78. The smallest absolute Gasteiger partial charge is 0.223 e. The second-order valence-corrected chi connectivity index (χ2v) is 6.64. The molecule has 1 aromatic carbocycles. The van der Waals surface area contributed by atoms with Crippen LogP contribution in [0, 0.1) is 5.92 Å². The van der Waals surface area contributed by atoms with E-state index in [-0.39, 0.29) is 5.91 Å². The van der Waals surface area contributed by atoms with Gasteiger partial charge in [-0.1, -0.05) is 30.7 Å². The quantitative estimate of drug-likeness (QED) is 0.781. The van der Waals surface area contributed by atoms with E-state index in [1.165, 1.54) is 0 Å². The van der Waals surface area contributed by atoms with Gasteiger partial charge in [-0.25, -0.2) is 0 Å². The molecule has 0 spiro atoms. The van der Waals surface area contributed by atoms with E-state index in [2.05, 4.69) is 6.92 Å². The first-order valence-electron chi connectivity index (χ1n) is 6.82. The second-order valence-electron chi connectivity index (χ2n) is 5.09. The van der Waals surface area contributed by atoms with Crippen molar-refractivity contribution in [3.8, 4) is 0 Å². The van der Waals surface area contributed by atoms with E-state index in [4.69, 9.17) is 11.6 Å². The lowest BCUT2D eigenvalue weighted by molar-refractivity contribution is -0.132. The van der Waals surface area contributed by atoms with Crippen LogP contribution >= 0.6 is 23.4 Å². The molecule has 0 atom stereocenters. The van der Waals surface area contributed by atoms with Gasteiger partial charge in [-0.15, -0.1) is 11.8 Å². The number of amides is 1. The standard InChI is InChI=1S/C15H20ClNOS/c1-12-6-9-17(10-7-12)15(18)8-11-19-14-5-3-2-4-13(14)16/h2-5,12H,6-11H2,1H3. The molecule has 104 valence electrons. The van der Waals surface area contributed by atoms with E-state index in [1.807, 2.05) is 29.2 Å². The number of rotatable bonds is 4. The minimum atomic E-state index is 0.284. The molecule has 1 heterocycles. The van der Waals surface area contributed by atoms with Crippen molar-refractivity contribution in [2.45, 2.75) is 31.1 Å². The third-order valence-electron chi connectivity index (χ3n) is 3.55. The first kappa shape index (κ1) is 14.7. The van der Waals surface area contributed by atoms with Gasteiger partial charge in [0.05, 0.1) is 5.02 Å². The molecule has 1 aliphatic heterocycles. The average molecular weight is 298 g/mol. The number of thioether (sulfide) groups is 1. The fraction of sp³-hybridized carbons (Fsp3) is 0.533. The maximum Gasteiger partial charge on any atom is 0.223 e. The molecule has 0 unspecified atom stereocenters. The van der Waals surface area contributed by atoms with E-state index in [0.717, 1.165) is 47.5 Å². The van der Waals surface area contributed by atoms with Gasteiger partial charge in [-0.2, -0.15) is 0 Å². The van der Waals surface area contributed by atoms with E-state index in [0.29, 0.717) is 6.42 Å². The highest BCUT2D eigenvalue weighted by atomic mass is 35.5.